The lowest BCUT2D eigenvalue weighted by atomic mass is 10.1. The lowest BCUT2D eigenvalue weighted by molar-refractivity contribution is 0.0396. The van der Waals surface area contributed by atoms with Gasteiger partial charge in [-0.25, -0.2) is 4.39 Å². The molecule has 0 atom stereocenters. The molecule has 0 radical (unpaired) electrons. The minimum Gasteiger partial charge on any atom is -0.381 e. The number of halogens is 1. The Morgan fingerprint density at radius 3 is 2.55 bits per heavy atom. The van der Waals surface area contributed by atoms with E-state index in [-0.39, 0.29) is 6.67 Å². The summed E-state index contributed by atoms with van der Waals surface area (Å²) in [4.78, 5) is 2.15. The Bertz CT molecular complexity index is 102. The molecule has 66 valence electrons. The second-order valence-electron chi connectivity index (χ2n) is 2.97. The van der Waals surface area contributed by atoms with Gasteiger partial charge in [0.05, 0.1) is 6.10 Å². The molecule has 0 spiro atoms. The zero-order valence-electron chi connectivity index (χ0n) is 7.05. The summed E-state index contributed by atoms with van der Waals surface area (Å²) < 4.78 is 17.1. The van der Waals surface area contributed by atoms with Gasteiger partial charge in [-0.1, -0.05) is 0 Å². The highest BCUT2D eigenvalue weighted by Crippen LogP contribution is 2.11. The van der Waals surface area contributed by atoms with Gasteiger partial charge in [0.2, 0.25) is 0 Å². The smallest absolute Gasteiger partial charge is 0.102 e. The third-order valence-electron chi connectivity index (χ3n) is 2.27. The maximum Gasteiger partial charge on any atom is 0.102 e. The zero-order chi connectivity index (χ0) is 8.10. The molecule has 1 aliphatic rings. The molecule has 3 heteroatoms. The van der Waals surface area contributed by atoms with Gasteiger partial charge < -0.3 is 9.64 Å². The molecule has 2 nitrogen and oxygen atoms in total. The number of piperidine rings is 1. The molecule has 0 bridgehead atoms. The van der Waals surface area contributed by atoms with Crippen LogP contribution in [-0.2, 0) is 4.74 Å². The van der Waals surface area contributed by atoms with E-state index in [2.05, 4.69) is 4.90 Å². The van der Waals surface area contributed by atoms with Crippen molar-refractivity contribution < 1.29 is 9.13 Å². The number of methoxy groups -OCH3 is 1. The van der Waals surface area contributed by atoms with E-state index in [4.69, 9.17) is 4.74 Å². The van der Waals surface area contributed by atoms with Crippen LogP contribution in [0.15, 0.2) is 0 Å². The van der Waals surface area contributed by atoms with Crippen molar-refractivity contribution in [2.75, 3.05) is 33.4 Å². The van der Waals surface area contributed by atoms with Crippen LogP contribution in [0.4, 0.5) is 4.39 Å². The number of alkyl halides is 1. The Labute approximate surface area is 67.3 Å². The number of hydrogen-bond acceptors (Lipinski definition) is 2. The molecule has 0 aromatic heterocycles. The molecule has 1 fully saturated rings. The van der Waals surface area contributed by atoms with Crippen LogP contribution >= 0.6 is 0 Å². The highest BCUT2D eigenvalue weighted by Gasteiger charge is 2.17. The number of rotatable bonds is 3. The van der Waals surface area contributed by atoms with Gasteiger partial charge in [0.1, 0.15) is 6.67 Å². The summed E-state index contributed by atoms with van der Waals surface area (Å²) in [7, 11) is 1.75. The first-order chi connectivity index (χ1) is 5.36. The molecule has 0 unspecified atom stereocenters. The van der Waals surface area contributed by atoms with Crippen LogP contribution in [0.3, 0.4) is 0 Å². The highest BCUT2D eigenvalue weighted by atomic mass is 19.1. The summed E-state index contributed by atoms with van der Waals surface area (Å²) in [5.74, 6) is 0. The first kappa shape index (κ1) is 8.94. The number of hydrogen-bond donors (Lipinski definition) is 0. The third kappa shape index (κ3) is 2.75. The van der Waals surface area contributed by atoms with Gasteiger partial charge in [0.15, 0.2) is 0 Å². The predicted octanol–water partition coefficient (Wildman–Crippen LogP) is 1.07. The summed E-state index contributed by atoms with van der Waals surface area (Å²) in [6.45, 7) is 2.35. The summed E-state index contributed by atoms with van der Waals surface area (Å²) in [5, 5.41) is 0. The van der Waals surface area contributed by atoms with E-state index in [0.717, 1.165) is 25.9 Å². The minimum atomic E-state index is -0.225. The van der Waals surface area contributed by atoms with Crippen molar-refractivity contribution in [1.29, 1.82) is 0 Å². The van der Waals surface area contributed by atoms with Gasteiger partial charge in [0.25, 0.3) is 0 Å². The molecule has 0 amide bonds. The molecular formula is C8H16FNO. The molecule has 0 aromatic carbocycles. The van der Waals surface area contributed by atoms with E-state index in [0.29, 0.717) is 12.6 Å². The maximum atomic E-state index is 11.9. The average molecular weight is 161 g/mol. The van der Waals surface area contributed by atoms with Gasteiger partial charge >= 0.3 is 0 Å². The van der Waals surface area contributed by atoms with E-state index in [1.807, 2.05) is 0 Å². The van der Waals surface area contributed by atoms with Crippen molar-refractivity contribution in [2.24, 2.45) is 0 Å². The topological polar surface area (TPSA) is 12.5 Å². The molecule has 11 heavy (non-hydrogen) atoms. The Morgan fingerprint density at radius 1 is 1.45 bits per heavy atom. The fourth-order valence-electron chi connectivity index (χ4n) is 1.49. The summed E-state index contributed by atoms with van der Waals surface area (Å²) in [6.07, 6.45) is 2.51. The fraction of sp³-hybridized carbons (Fsp3) is 1.00. The Balaban J connectivity index is 2.14. The lowest BCUT2D eigenvalue weighted by Gasteiger charge is -2.30. The number of nitrogens with zero attached hydrogens (tertiary/aromatic N) is 1. The SMILES string of the molecule is COC1CCN(CCF)CC1. The van der Waals surface area contributed by atoms with Gasteiger partial charge in [0, 0.05) is 26.7 Å². The molecule has 1 aliphatic heterocycles. The molecule has 0 aromatic rings. The Morgan fingerprint density at radius 2 is 2.09 bits per heavy atom. The Hall–Kier alpha value is -0.150. The Kier molecular flexibility index (Phi) is 3.80. The summed E-state index contributed by atoms with van der Waals surface area (Å²) >= 11 is 0. The standard InChI is InChI=1S/C8H16FNO/c1-11-8-2-5-10(6-3-8)7-4-9/h8H,2-7H2,1H3. The van der Waals surface area contributed by atoms with Gasteiger partial charge in [-0.2, -0.15) is 0 Å². The third-order valence-corrected chi connectivity index (χ3v) is 2.27. The van der Waals surface area contributed by atoms with Crippen molar-refractivity contribution in [3.05, 3.63) is 0 Å². The van der Waals surface area contributed by atoms with Crippen molar-refractivity contribution in [3.63, 3.8) is 0 Å². The van der Waals surface area contributed by atoms with Crippen LogP contribution in [0.2, 0.25) is 0 Å². The normalized spacial score (nSPS) is 22.4. The van der Waals surface area contributed by atoms with E-state index in [1.54, 1.807) is 7.11 Å². The molecule has 0 N–H and O–H groups in total. The molecular weight excluding hydrogens is 145 g/mol. The second kappa shape index (κ2) is 4.67. The van der Waals surface area contributed by atoms with Gasteiger partial charge in [-0.3, -0.25) is 0 Å². The van der Waals surface area contributed by atoms with Crippen LogP contribution in [0.5, 0.6) is 0 Å². The quantitative estimate of drug-likeness (QED) is 0.614. The van der Waals surface area contributed by atoms with Crippen molar-refractivity contribution >= 4 is 0 Å². The van der Waals surface area contributed by atoms with Gasteiger partial charge in [-0.05, 0) is 12.8 Å². The van der Waals surface area contributed by atoms with Crippen LogP contribution in [0, 0.1) is 0 Å². The summed E-state index contributed by atoms with van der Waals surface area (Å²) in [6, 6.07) is 0. The molecule has 1 saturated heterocycles. The maximum absolute atomic E-state index is 11.9. The largest absolute Gasteiger partial charge is 0.381 e. The van der Waals surface area contributed by atoms with Crippen molar-refractivity contribution in [1.82, 2.24) is 4.90 Å². The lowest BCUT2D eigenvalue weighted by Crippen LogP contribution is -2.37. The molecule has 0 saturated carbocycles. The summed E-state index contributed by atoms with van der Waals surface area (Å²) in [5.41, 5.74) is 0. The number of ether oxygens (including phenoxy) is 1. The van der Waals surface area contributed by atoms with E-state index < -0.39 is 0 Å². The fourth-order valence-corrected chi connectivity index (χ4v) is 1.49. The number of likely N-dealkylation sites (tertiary alicyclic amines) is 1. The zero-order valence-corrected chi connectivity index (χ0v) is 7.05. The van der Waals surface area contributed by atoms with E-state index >= 15 is 0 Å². The van der Waals surface area contributed by atoms with E-state index in [1.165, 1.54) is 0 Å². The second-order valence-corrected chi connectivity index (χ2v) is 2.97. The van der Waals surface area contributed by atoms with Crippen LogP contribution in [-0.4, -0.2) is 44.4 Å². The molecule has 0 aliphatic carbocycles. The highest BCUT2D eigenvalue weighted by molar-refractivity contribution is 4.71. The van der Waals surface area contributed by atoms with Crippen LogP contribution in [0.1, 0.15) is 12.8 Å². The van der Waals surface area contributed by atoms with Gasteiger partial charge in [-0.15, -0.1) is 0 Å². The monoisotopic (exact) mass is 161 g/mol. The predicted molar refractivity (Wildman–Crippen MR) is 42.4 cm³/mol. The average Bonchev–Trinajstić information content (AvgIpc) is 2.07. The van der Waals surface area contributed by atoms with Crippen molar-refractivity contribution in [2.45, 2.75) is 18.9 Å². The first-order valence-electron chi connectivity index (χ1n) is 4.18. The first-order valence-corrected chi connectivity index (χ1v) is 4.18. The minimum absolute atomic E-state index is 0.225. The van der Waals surface area contributed by atoms with Crippen LogP contribution < -0.4 is 0 Å². The van der Waals surface area contributed by atoms with Crippen molar-refractivity contribution in [3.8, 4) is 0 Å². The van der Waals surface area contributed by atoms with E-state index in [9.17, 15) is 4.39 Å². The van der Waals surface area contributed by atoms with Crippen LogP contribution in [0.25, 0.3) is 0 Å². The molecule has 1 rings (SSSR count). The molecule has 1 heterocycles.